The molecule has 2 saturated heterocycles. The van der Waals surface area contributed by atoms with Crippen LogP contribution in [0.2, 0.25) is 0 Å². The Kier molecular flexibility index (Phi) is 4.36. The summed E-state index contributed by atoms with van der Waals surface area (Å²) in [5.74, 6) is 0.802. The maximum Gasteiger partial charge on any atom is 0.208 e. The van der Waals surface area contributed by atoms with E-state index < -0.39 is 10.0 Å². The average molecular weight is 301 g/mol. The van der Waals surface area contributed by atoms with Gasteiger partial charge in [0.15, 0.2) is 0 Å². The summed E-state index contributed by atoms with van der Waals surface area (Å²) in [5, 5.41) is 0. The fraction of sp³-hybridized carbons (Fsp3) is 1.00. The normalized spacial score (nSPS) is 33.0. The SMILES string of the molecule is CS(=O)(=O)NCCN1CC[C@H]2[C@@H](CCCN2C2CC2)C1. The predicted octanol–water partition coefficient (Wildman–Crippen LogP) is 0.484. The van der Waals surface area contributed by atoms with Gasteiger partial charge in [0.05, 0.1) is 6.26 Å². The molecule has 1 N–H and O–H groups in total. The molecular formula is C14H27N3O2S. The molecule has 2 heterocycles. The monoisotopic (exact) mass is 301 g/mol. The van der Waals surface area contributed by atoms with Crippen molar-refractivity contribution >= 4 is 10.0 Å². The van der Waals surface area contributed by atoms with Crippen molar-refractivity contribution in [3.05, 3.63) is 0 Å². The van der Waals surface area contributed by atoms with Crippen LogP contribution in [-0.2, 0) is 10.0 Å². The van der Waals surface area contributed by atoms with Crippen molar-refractivity contribution in [2.24, 2.45) is 5.92 Å². The van der Waals surface area contributed by atoms with Gasteiger partial charge in [-0.3, -0.25) is 4.90 Å². The molecule has 20 heavy (non-hydrogen) atoms. The first kappa shape index (κ1) is 14.8. The Morgan fingerprint density at radius 3 is 2.65 bits per heavy atom. The van der Waals surface area contributed by atoms with Crippen molar-refractivity contribution in [1.82, 2.24) is 14.5 Å². The Morgan fingerprint density at radius 1 is 1.15 bits per heavy atom. The summed E-state index contributed by atoms with van der Waals surface area (Å²) in [7, 11) is -3.04. The van der Waals surface area contributed by atoms with E-state index in [4.69, 9.17) is 0 Å². The van der Waals surface area contributed by atoms with Crippen molar-refractivity contribution in [3.8, 4) is 0 Å². The van der Waals surface area contributed by atoms with Crippen LogP contribution in [0.4, 0.5) is 0 Å². The summed E-state index contributed by atoms with van der Waals surface area (Å²) in [6.07, 6.45) is 8.00. The first-order valence-electron chi connectivity index (χ1n) is 7.96. The van der Waals surface area contributed by atoms with Crippen LogP contribution in [0.1, 0.15) is 32.1 Å². The highest BCUT2D eigenvalue weighted by molar-refractivity contribution is 7.88. The van der Waals surface area contributed by atoms with Gasteiger partial charge in [-0.2, -0.15) is 0 Å². The molecule has 2 atom stereocenters. The van der Waals surface area contributed by atoms with Gasteiger partial charge < -0.3 is 4.90 Å². The Labute approximate surface area is 122 Å². The zero-order valence-electron chi connectivity index (χ0n) is 12.4. The van der Waals surface area contributed by atoms with Crippen molar-refractivity contribution in [1.29, 1.82) is 0 Å². The highest BCUT2D eigenvalue weighted by Crippen LogP contribution is 2.38. The topological polar surface area (TPSA) is 52.7 Å². The first-order valence-corrected chi connectivity index (χ1v) is 9.85. The molecule has 3 fully saturated rings. The number of nitrogens with zero attached hydrogens (tertiary/aromatic N) is 2. The third-order valence-corrected chi connectivity index (χ3v) is 5.73. The molecule has 5 nitrogen and oxygen atoms in total. The van der Waals surface area contributed by atoms with E-state index in [0.29, 0.717) is 6.54 Å². The van der Waals surface area contributed by atoms with Crippen LogP contribution in [-0.4, -0.2) is 69.3 Å². The van der Waals surface area contributed by atoms with Crippen LogP contribution >= 0.6 is 0 Å². The van der Waals surface area contributed by atoms with Crippen LogP contribution in [0.25, 0.3) is 0 Å². The minimum Gasteiger partial charge on any atom is -0.302 e. The lowest BCUT2D eigenvalue weighted by Crippen LogP contribution is -2.55. The Bertz CT molecular complexity index is 436. The highest BCUT2D eigenvalue weighted by Gasteiger charge is 2.41. The van der Waals surface area contributed by atoms with Crippen LogP contribution in [0.3, 0.4) is 0 Å². The summed E-state index contributed by atoms with van der Waals surface area (Å²) < 4.78 is 24.8. The average Bonchev–Trinajstić information content (AvgIpc) is 3.20. The molecule has 0 unspecified atom stereocenters. The smallest absolute Gasteiger partial charge is 0.208 e. The van der Waals surface area contributed by atoms with Gasteiger partial charge in [0.2, 0.25) is 10.0 Å². The Hall–Kier alpha value is -0.170. The lowest BCUT2D eigenvalue weighted by molar-refractivity contribution is 0.0189. The molecule has 1 aliphatic carbocycles. The lowest BCUT2D eigenvalue weighted by atomic mass is 9.83. The van der Waals surface area contributed by atoms with E-state index in [1.54, 1.807) is 0 Å². The molecule has 6 heteroatoms. The van der Waals surface area contributed by atoms with Gasteiger partial charge in [0.25, 0.3) is 0 Å². The molecule has 3 aliphatic rings. The van der Waals surface area contributed by atoms with Gasteiger partial charge in [-0.1, -0.05) is 0 Å². The van der Waals surface area contributed by atoms with E-state index in [0.717, 1.165) is 37.6 Å². The van der Waals surface area contributed by atoms with Crippen molar-refractivity contribution in [3.63, 3.8) is 0 Å². The number of sulfonamides is 1. The molecule has 0 bridgehead atoms. The Balaban J connectivity index is 1.48. The van der Waals surface area contributed by atoms with E-state index in [2.05, 4.69) is 14.5 Å². The summed E-state index contributed by atoms with van der Waals surface area (Å²) in [6.45, 7) is 4.97. The van der Waals surface area contributed by atoms with Gasteiger partial charge in [0.1, 0.15) is 0 Å². The molecule has 2 aliphatic heterocycles. The van der Waals surface area contributed by atoms with E-state index >= 15 is 0 Å². The zero-order valence-corrected chi connectivity index (χ0v) is 13.2. The quantitative estimate of drug-likeness (QED) is 0.803. The van der Waals surface area contributed by atoms with Crippen LogP contribution in [0.5, 0.6) is 0 Å². The van der Waals surface area contributed by atoms with Gasteiger partial charge in [-0.25, -0.2) is 13.1 Å². The minimum atomic E-state index is -3.04. The van der Waals surface area contributed by atoms with E-state index in [1.165, 1.54) is 44.9 Å². The Morgan fingerprint density at radius 2 is 1.95 bits per heavy atom. The van der Waals surface area contributed by atoms with Crippen molar-refractivity contribution in [2.75, 3.05) is 39.0 Å². The second-order valence-electron chi connectivity index (χ2n) is 6.69. The number of fused-ring (bicyclic) bond motifs is 1. The molecule has 0 spiro atoms. The number of nitrogens with one attached hydrogen (secondary N) is 1. The second kappa shape index (κ2) is 5.91. The van der Waals surface area contributed by atoms with Crippen LogP contribution < -0.4 is 4.72 Å². The third kappa shape index (κ3) is 3.72. The number of rotatable bonds is 5. The van der Waals surface area contributed by atoms with E-state index in [1.807, 2.05) is 0 Å². The molecular weight excluding hydrogens is 274 g/mol. The summed E-state index contributed by atoms with van der Waals surface area (Å²) in [4.78, 5) is 5.22. The molecule has 0 aromatic rings. The number of hydrogen-bond acceptors (Lipinski definition) is 4. The molecule has 0 aromatic carbocycles. The van der Waals surface area contributed by atoms with Crippen molar-refractivity contribution in [2.45, 2.75) is 44.2 Å². The van der Waals surface area contributed by atoms with E-state index in [9.17, 15) is 8.42 Å². The third-order valence-electron chi connectivity index (χ3n) is 5.00. The highest BCUT2D eigenvalue weighted by atomic mass is 32.2. The molecule has 0 aromatic heterocycles. The van der Waals surface area contributed by atoms with Gasteiger partial charge >= 0.3 is 0 Å². The van der Waals surface area contributed by atoms with Gasteiger partial charge in [0, 0.05) is 31.7 Å². The summed E-state index contributed by atoms with van der Waals surface area (Å²) in [6, 6.07) is 1.69. The lowest BCUT2D eigenvalue weighted by Gasteiger charge is -2.47. The molecule has 116 valence electrons. The molecule has 0 amide bonds. The first-order chi connectivity index (χ1) is 9.53. The van der Waals surface area contributed by atoms with E-state index in [-0.39, 0.29) is 0 Å². The molecule has 1 saturated carbocycles. The predicted molar refractivity (Wildman–Crippen MR) is 80.1 cm³/mol. The summed E-state index contributed by atoms with van der Waals surface area (Å²) in [5.41, 5.74) is 0. The van der Waals surface area contributed by atoms with Gasteiger partial charge in [-0.15, -0.1) is 0 Å². The zero-order chi connectivity index (χ0) is 14.2. The number of likely N-dealkylation sites (tertiary alicyclic amines) is 2. The standard InChI is InChI=1S/C14H27N3O2S/c1-20(18,19)15-7-10-16-9-6-14-12(11-16)3-2-8-17(14)13-4-5-13/h12-15H,2-11H2,1H3/t12-,14-/m0/s1. The number of hydrogen-bond donors (Lipinski definition) is 1. The fourth-order valence-electron chi connectivity index (χ4n) is 3.97. The largest absolute Gasteiger partial charge is 0.302 e. The minimum absolute atomic E-state index is 0.544. The van der Waals surface area contributed by atoms with Gasteiger partial charge in [-0.05, 0) is 51.1 Å². The summed E-state index contributed by atoms with van der Waals surface area (Å²) >= 11 is 0. The molecule has 0 radical (unpaired) electrons. The van der Waals surface area contributed by atoms with Crippen molar-refractivity contribution < 1.29 is 8.42 Å². The molecule has 3 rings (SSSR count). The van der Waals surface area contributed by atoms with Crippen LogP contribution in [0, 0.1) is 5.92 Å². The second-order valence-corrected chi connectivity index (χ2v) is 8.53. The maximum atomic E-state index is 11.1. The fourth-order valence-corrected chi connectivity index (χ4v) is 4.43. The van der Waals surface area contributed by atoms with Crippen LogP contribution in [0.15, 0.2) is 0 Å². The maximum absolute atomic E-state index is 11.1. The number of piperidine rings is 2.